The van der Waals surface area contributed by atoms with Crippen molar-refractivity contribution in [3.8, 4) is 0 Å². The number of aromatic nitrogens is 2. The Morgan fingerprint density at radius 2 is 2.17 bits per heavy atom. The van der Waals surface area contributed by atoms with Crippen LogP contribution in [0.5, 0.6) is 0 Å². The van der Waals surface area contributed by atoms with Gasteiger partial charge < -0.3 is 9.84 Å². The number of rotatable bonds is 4. The van der Waals surface area contributed by atoms with Crippen molar-refractivity contribution in [2.45, 2.75) is 33.8 Å². The molecule has 1 aromatic rings. The van der Waals surface area contributed by atoms with Crippen molar-refractivity contribution in [1.82, 2.24) is 9.97 Å². The summed E-state index contributed by atoms with van der Waals surface area (Å²) in [5.74, 6) is -0.695. The van der Waals surface area contributed by atoms with Crippen LogP contribution in [0.2, 0.25) is 0 Å². The maximum Gasteiger partial charge on any atom is 0.355 e. The predicted octanol–water partition coefficient (Wildman–Crippen LogP) is 3.06. The average Bonchev–Trinajstić information content (AvgIpc) is 2.25. The van der Waals surface area contributed by atoms with Crippen LogP contribution in [0.1, 0.15) is 50.1 Å². The normalized spacial score (nSPS) is 13.4. The minimum absolute atomic E-state index is 0.0473. The maximum atomic E-state index is 11.0. The van der Waals surface area contributed by atoms with Crippen LogP contribution < -0.4 is 0 Å². The summed E-state index contributed by atoms with van der Waals surface area (Å²) >= 11 is 3.12. The standard InChI is InChI=1S/C12H17BrN2O3/c1-5-18-9(12(2,3)4)10-14-6-7(13)8(15-10)11(16)17/h6,9H,5H2,1-4H3,(H,16,17). The lowest BCUT2D eigenvalue weighted by atomic mass is 9.88. The fraction of sp³-hybridized carbons (Fsp3) is 0.583. The summed E-state index contributed by atoms with van der Waals surface area (Å²) in [7, 11) is 0. The Balaban J connectivity index is 3.21. The van der Waals surface area contributed by atoms with E-state index in [1.807, 2.05) is 27.7 Å². The first-order valence-corrected chi connectivity index (χ1v) is 6.44. The van der Waals surface area contributed by atoms with Crippen LogP contribution in [0.25, 0.3) is 0 Å². The fourth-order valence-electron chi connectivity index (χ4n) is 1.54. The number of hydrogen-bond acceptors (Lipinski definition) is 4. The number of carboxylic acid groups (broad SMARTS) is 1. The van der Waals surface area contributed by atoms with Gasteiger partial charge in [0.05, 0.1) is 4.47 Å². The average molecular weight is 317 g/mol. The molecular weight excluding hydrogens is 300 g/mol. The van der Waals surface area contributed by atoms with Crippen LogP contribution >= 0.6 is 15.9 Å². The van der Waals surface area contributed by atoms with Crippen molar-refractivity contribution in [2.75, 3.05) is 6.61 Å². The minimum Gasteiger partial charge on any atom is -0.476 e. The van der Waals surface area contributed by atoms with E-state index < -0.39 is 5.97 Å². The Labute approximate surface area is 115 Å². The number of carboxylic acids is 1. The molecule has 1 aromatic heterocycles. The number of halogens is 1. The fourth-order valence-corrected chi connectivity index (χ4v) is 1.90. The highest BCUT2D eigenvalue weighted by atomic mass is 79.9. The first-order valence-electron chi connectivity index (χ1n) is 5.64. The highest BCUT2D eigenvalue weighted by molar-refractivity contribution is 9.10. The second-order valence-corrected chi connectivity index (χ2v) is 5.79. The van der Waals surface area contributed by atoms with Gasteiger partial charge in [-0.25, -0.2) is 14.8 Å². The molecule has 0 bridgehead atoms. The Hall–Kier alpha value is -1.01. The smallest absolute Gasteiger partial charge is 0.355 e. The van der Waals surface area contributed by atoms with E-state index in [9.17, 15) is 4.79 Å². The van der Waals surface area contributed by atoms with Gasteiger partial charge in [0.25, 0.3) is 0 Å². The Morgan fingerprint density at radius 1 is 1.56 bits per heavy atom. The summed E-state index contributed by atoms with van der Waals surface area (Å²) in [6.45, 7) is 8.40. The Bertz CT molecular complexity index is 443. The van der Waals surface area contributed by atoms with Crippen LogP contribution in [0.4, 0.5) is 0 Å². The van der Waals surface area contributed by atoms with E-state index in [-0.39, 0.29) is 17.2 Å². The second-order valence-electron chi connectivity index (χ2n) is 4.93. The SMILES string of the molecule is CCOC(c1ncc(Br)c(C(=O)O)n1)C(C)(C)C. The van der Waals surface area contributed by atoms with Crippen molar-refractivity contribution < 1.29 is 14.6 Å². The van der Waals surface area contributed by atoms with E-state index in [2.05, 4.69) is 25.9 Å². The van der Waals surface area contributed by atoms with Gasteiger partial charge in [0, 0.05) is 12.8 Å². The zero-order valence-electron chi connectivity index (χ0n) is 10.9. The molecule has 18 heavy (non-hydrogen) atoms. The van der Waals surface area contributed by atoms with Gasteiger partial charge in [-0.15, -0.1) is 0 Å². The third-order valence-electron chi connectivity index (χ3n) is 2.32. The topological polar surface area (TPSA) is 72.3 Å². The van der Waals surface area contributed by atoms with E-state index in [0.29, 0.717) is 16.9 Å². The molecule has 1 unspecified atom stereocenters. The van der Waals surface area contributed by atoms with Gasteiger partial charge in [0.15, 0.2) is 11.5 Å². The molecule has 0 aliphatic rings. The third-order valence-corrected chi connectivity index (χ3v) is 2.90. The number of ether oxygens (including phenoxy) is 1. The molecule has 0 amide bonds. The lowest BCUT2D eigenvalue weighted by Crippen LogP contribution is -2.24. The van der Waals surface area contributed by atoms with Gasteiger partial charge in [-0.2, -0.15) is 0 Å². The lowest BCUT2D eigenvalue weighted by molar-refractivity contribution is -0.0193. The Morgan fingerprint density at radius 3 is 2.61 bits per heavy atom. The van der Waals surface area contributed by atoms with Gasteiger partial charge in [-0.1, -0.05) is 20.8 Å². The summed E-state index contributed by atoms with van der Waals surface area (Å²) in [4.78, 5) is 19.3. The summed E-state index contributed by atoms with van der Waals surface area (Å²) in [5, 5.41) is 9.04. The zero-order chi connectivity index (χ0) is 13.9. The molecule has 1 heterocycles. The number of nitrogens with zero attached hydrogens (tertiary/aromatic N) is 2. The minimum atomic E-state index is -1.09. The van der Waals surface area contributed by atoms with Crippen molar-refractivity contribution in [2.24, 2.45) is 5.41 Å². The molecule has 0 saturated carbocycles. The monoisotopic (exact) mass is 316 g/mol. The van der Waals surface area contributed by atoms with Gasteiger partial charge >= 0.3 is 5.97 Å². The second kappa shape index (κ2) is 5.75. The van der Waals surface area contributed by atoms with Crippen LogP contribution in [-0.2, 0) is 4.74 Å². The molecule has 0 spiro atoms. The van der Waals surface area contributed by atoms with Crippen molar-refractivity contribution in [3.05, 3.63) is 22.2 Å². The molecule has 0 aliphatic carbocycles. The molecule has 5 nitrogen and oxygen atoms in total. The van der Waals surface area contributed by atoms with Gasteiger partial charge in [0.2, 0.25) is 0 Å². The molecule has 0 saturated heterocycles. The summed E-state index contributed by atoms with van der Waals surface area (Å²) < 4.78 is 6.00. The molecule has 0 radical (unpaired) electrons. The lowest BCUT2D eigenvalue weighted by Gasteiger charge is -2.29. The molecule has 1 atom stereocenters. The first kappa shape index (κ1) is 15.0. The van der Waals surface area contributed by atoms with Crippen LogP contribution in [0.15, 0.2) is 10.7 Å². The third kappa shape index (κ3) is 3.49. The number of hydrogen-bond donors (Lipinski definition) is 1. The highest BCUT2D eigenvalue weighted by Crippen LogP contribution is 2.34. The quantitative estimate of drug-likeness (QED) is 0.924. The van der Waals surface area contributed by atoms with Crippen molar-refractivity contribution >= 4 is 21.9 Å². The van der Waals surface area contributed by atoms with Crippen LogP contribution in [-0.4, -0.2) is 27.7 Å². The molecule has 6 heteroatoms. The van der Waals surface area contributed by atoms with E-state index in [1.165, 1.54) is 6.20 Å². The molecule has 1 N–H and O–H groups in total. The van der Waals surface area contributed by atoms with E-state index in [0.717, 1.165) is 0 Å². The predicted molar refractivity (Wildman–Crippen MR) is 70.5 cm³/mol. The Kier molecular flexibility index (Phi) is 4.81. The summed E-state index contributed by atoms with van der Waals surface area (Å²) in [6, 6.07) is 0. The molecular formula is C12H17BrN2O3. The molecule has 100 valence electrons. The van der Waals surface area contributed by atoms with Gasteiger partial charge in [-0.05, 0) is 28.3 Å². The molecule has 1 rings (SSSR count). The first-order chi connectivity index (χ1) is 8.27. The summed E-state index contributed by atoms with van der Waals surface area (Å²) in [5.41, 5.74) is -0.256. The summed E-state index contributed by atoms with van der Waals surface area (Å²) in [6.07, 6.45) is 1.11. The van der Waals surface area contributed by atoms with Crippen molar-refractivity contribution in [3.63, 3.8) is 0 Å². The molecule has 0 aromatic carbocycles. The van der Waals surface area contributed by atoms with E-state index in [4.69, 9.17) is 9.84 Å². The zero-order valence-corrected chi connectivity index (χ0v) is 12.5. The van der Waals surface area contributed by atoms with Crippen LogP contribution in [0.3, 0.4) is 0 Å². The van der Waals surface area contributed by atoms with Crippen molar-refractivity contribution in [1.29, 1.82) is 0 Å². The molecule has 0 aliphatic heterocycles. The highest BCUT2D eigenvalue weighted by Gasteiger charge is 2.30. The van der Waals surface area contributed by atoms with Crippen LogP contribution in [0, 0.1) is 5.41 Å². The number of carbonyl (C=O) groups is 1. The van der Waals surface area contributed by atoms with Gasteiger partial charge in [-0.3, -0.25) is 0 Å². The maximum absolute atomic E-state index is 11.0. The van der Waals surface area contributed by atoms with Gasteiger partial charge in [0.1, 0.15) is 6.10 Å². The van der Waals surface area contributed by atoms with E-state index in [1.54, 1.807) is 0 Å². The molecule has 0 fully saturated rings. The number of aromatic carboxylic acids is 1. The largest absolute Gasteiger partial charge is 0.476 e. The van der Waals surface area contributed by atoms with E-state index >= 15 is 0 Å².